The smallest absolute Gasteiger partial charge is 0.248 e. The maximum Gasteiger partial charge on any atom is 0.248 e. The van der Waals surface area contributed by atoms with Gasteiger partial charge in [-0.15, -0.1) is 13.2 Å². The molecule has 6 atom stereocenters. The molecule has 3 rings (SSSR count). The van der Waals surface area contributed by atoms with Crippen molar-refractivity contribution in [3.63, 3.8) is 0 Å². The average molecular weight is 490 g/mol. The van der Waals surface area contributed by atoms with Crippen LogP contribution in [-0.2, 0) is 19.1 Å². The van der Waals surface area contributed by atoms with E-state index in [4.69, 9.17) is 4.74 Å². The Labute approximate surface area is 210 Å². The van der Waals surface area contributed by atoms with Gasteiger partial charge in [-0.1, -0.05) is 39.3 Å². The summed E-state index contributed by atoms with van der Waals surface area (Å²) >= 11 is 0. The predicted octanol–water partition coefficient (Wildman–Crippen LogP) is 2.37. The lowest BCUT2D eigenvalue weighted by Gasteiger charge is -2.39. The Morgan fingerprint density at radius 1 is 1.14 bits per heavy atom. The van der Waals surface area contributed by atoms with Crippen molar-refractivity contribution in [1.82, 2.24) is 14.7 Å². The van der Waals surface area contributed by atoms with Crippen molar-refractivity contribution in [3.8, 4) is 0 Å². The van der Waals surface area contributed by atoms with Gasteiger partial charge in [0.25, 0.3) is 0 Å². The number of unbranched alkanes of at least 4 members (excludes halogenated alkanes) is 1. The standard InChI is InChI=1S/C27H43N3O5/c1-6-11-17-29(16-9-4)26(34)23-27-13-12-20(35-27)21(24(32)28(14-7-2)15-8-3)22(27)25(33)30(23)19(10-5)18-31/h7,9,19-23,31H,2,4,6,8,10-18H2,1,3,5H3/t19-,20+,21-,22-,23?,27?/m0/s1. The van der Waals surface area contributed by atoms with E-state index in [2.05, 4.69) is 20.1 Å². The van der Waals surface area contributed by atoms with E-state index in [1.54, 1.807) is 26.9 Å². The molecule has 3 fully saturated rings. The molecule has 0 aliphatic carbocycles. The van der Waals surface area contributed by atoms with Gasteiger partial charge in [-0.2, -0.15) is 0 Å². The molecule has 0 aromatic carbocycles. The van der Waals surface area contributed by atoms with Gasteiger partial charge in [-0.3, -0.25) is 14.4 Å². The van der Waals surface area contributed by atoms with Gasteiger partial charge in [-0.25, -0.2) is 0 Å². The van der Waals surface area contributed by atoms with Crippen LogP contribution in [0.25, 0.3) is 0 Å². The molecule has 0 saturated carbocycles. The van der Waals surface area contributed by atoms with Crippen LogP contribution in [0.3, 0.4) is 0 Å². The summed E-state index contributed by atoms with van der Waals surface area (Å²) in [4.78, 5) is 46.9. The Kier molecular flexibility index (Phi) is 9.16. The molecule has 3 saturated heterocycles. The maximum atomic E-state index is 14.1. The molecule has 8 nitrogen and oxygen atoms in total. The number of fused-ring (bicyclic) bond motifs is 1. The lowest BCUT2D eigenvalue weighted by atomic mass is 9.70. The summed E-state index contributed by atoms with van der Waals surface area (Å²) in [5.74, 6) is -1.86. The summed E-state index contributed by atoms with van der Waals surface area (Å²) in [6, 6.07) is -1.36. The SMILES string of the molecule is C=CCN(CCCC)C(=O)C1N([C@@H](CC)CO)C(=O)[C@@H]2[C@@H](C(=O)N(CC=C)CCC)[C@H]3CCC12O3. The summed E-state index contributed by atoms with van der Waals surface area (Å²) < 4.78 is 6.54. The van der Waals surface area contributed by atoms with Gasteiger partial charge in [0.1, 0.15) is 11.6 Å². The molecule has 35 heavy (non-hydrogen) atoms. The molecule has 8 heteroatoms. The molecule has 3 heterocycles. The molecule has 196 valence electrons. The molecule has 0 aromatic rings. The first-order valence-electron chi connectivity index (χ1n) is 13.3. The minimum absolute atomic E-state index is 0.101. The van der Waals surface area contributed by atoms with E-state index < -0.39 is 29.5 Å². The molecule has 2 unspecified atom stereocenters. The number of nitrogens with zero attached hydrogens (tertiary/aromatic N) is 3. The van der Waals surface area contributed by atoms with Gasteiger partial charge < -0.3 is 24.5 Å². The van der Waals surface area contributed by atoms with E-state index in [1.165, 1.54) is 0 Å². The van der Waals surface area contributed by atoms with Gasteiger partial charge >= 0.3 is 0 Å². The fraction of sp³-hybridized carbons (Fsp3) is 0.741. The molecular formula is C27H43N3O5. The van der Waals surface area contributed by atoms with E-state index in [-0.39, 0.29) is 30.4 Å². The van der Waals surface area contributed by atoms with E-state index in [0.29, 0.717) is 45.4 Å². The quantitative estimate of drug-likeness (QED) is 0.379. The number of carbonyl (C=O) groups excluding carboxylic acids is 3. The van der Waals surface area contributed by atoms with Crippen molar-refractivity contribution in [1.29, 1.82) is 0 Å². The van der Waals surface area contributed by atoms with Gasteiger partial charge in [-0.05, 0) is 32.1 Å². The van der Waals surface area contributed by atoms with Crippen molar-refractivity contribution in [2.24, 2.45) is 11.8 Å². The summed E-state index contributed by atoms with van der Waals surface area (Å²) in [6.07, 6.45) is 7.28. The number of aliphatic hydroxyl groups excluding tert-OH is 1. The summed E-state index contributed by atoms with van der Waals surface area (Å²) in [7, 11) is 0. The number of rotatable bonds is 14. The van der Waals surface area contributed by atoms with E-state index in [0.717, 1.165) is 19.3 Å². The second-order valence-corrected chi connectivity index (χ2v) is 10.0. The zero-order chi connectivity index (χ0) is 25.8. The van der Waals surface area contributed by atoms with Crippen molar-refractivity contribution >= 4 is 17.7 Å². The van der Waals surface area contributed by atoms with Crippen LogP contribution in [0.4, 0.5) is 0 Å². The summed E-state index contributed by atoms with van der Waals surface area (Å²) in [5, 5.41) is 10.2. The minimum Gasteiger partial charge on any atom is -0.394 e. The Morgan fingerprint density at radius 3 is 2.34 bits per heavy atom. The average Bonchev–Trinajstić information content (AvgIpc) is 3.49. The highest BCUT2D eigenvalue weighted by molar-refractivity contribution is 5.99. The minimum atomic E-state index is -1.04. The van der Waals surface area contributed by atoms with Crippen LogP contribution in [0.2, 0.25) is 0 Å². The van der Waals surface area contributed by atoms with Crippen LogP contribution in [0.15, 0.2) is 25.3 Å². The number of likely N-dealkylation sites (tertiary alicyclic amines) is 1. The molecule has 3 aliphatic heterocycles. The topological polar surface area (TPSA) is 90.4 Å². The first-order chi connectivity index (χ1) is 16.9. The lowest BCUT2D eigenvalue weighted by Crippen LogP contribution is -2.58. The molecule has 0 radical (unpaired) electrons. The molecule has 0 aromatic heterocycles. The zero-order valence-corrected chi connectivity index (χ0v) is 21.7. The highest BCUT2D eigenvalue weighted by Crippen LogP contribution is 2.59. The normalized spacial score (nSPS) is 29.7. The van der Waals surface area contributed by atoms with Crippen LogP contribution in [0.1, 0.15) is 59.3 Å². The van der Waals surface area contributed by atoms with E-state index in [9.17, 15) is 19.5 Å². The number of hydrogen-bond donors (Lipinski definition) is 1. The largest absolute Gasteiger partial charge is 0.394 e. The van der Waals surface area contributed by atoms with Crippen molar-refractivity contribution in [2.45, 2.75) is 83.1 Å². The van der Waals surface area contributed by atoms with Gasteiger partial charge in [0.15, 0.2) is 0 Å². The maximum absolute atomic E-state index is 14.1. The van der Waals surface area contributed by atoms with Gasteiger partial charge in [0.2, 0.25) is 17.7 Å². The Morgan fingerprint density at radius 2 is 1.80 bits per heavy atom. The number of carbonyl (C=O) groups is 3. The van der Waals surface area contributed by atoms with Crippen LogP contribution in [0, 0.1) is 11.8 Å². The number of aliphatic hydroxyl groups is 1. The van der Waals surface area contributed by atoms with Crippen LogP contribution in [-0.4, -0.2) is 94.1 Å². The summed E-state index contributed by atoms with van der Waals surface area (Å²) in [6.45, 7) is 15.3. The first kappa shape index (κ1) is 27.4. The summed E-state index contributed by atoms with van der Waals surface area (Å²) in [5.41, 5.74) is -1.04. The Bertz CT molecular complexity index is 813. The Hall–Kier alpha value is -2.19. The zero-order valence-electron chi connectivity index (χ0n) is 21.7. The highest BCUT2D eigenvalue weighted by atomic mass is 16.5. The molecule has 3 amide bonds. The number of ether oxygens (including phenoxy) is 1. The molecule has 2 bridgehead atoms. The van der Waals surface area contributed by atoms with E-state index >= 15 is 0 Å². The monoisotopic (exact) mass is 489 g/mol. The first-order valence-corrected chi connectivity index (χ1v) is 13.3. The van der Waals surface area contributed by atoms with Crippen LogP contribution < -0.4 is 0 Å². The third-order valence-electron chi connectivity index (χ3n) is 7.93. The fourth-order valence-electron chi connectivity index (χ4n) is 6.36. The predicted molar refractivity (Wildman–Crippen MR) is 134 cm³/mol. The third-order valence-corrected chi connectivity index (χ3v) is 7.93. The molecule has 1 N–H and O–H groups in total. The molecule has 3 aliphatic rings. The van der Waals surface area contributed by atoms with Gasteiger partial charge in [0.05, 0.1) is 30.6 Å². The second-order valence-electron chi connectivity index (χ2n) is 10.0. The Balaban J connectivity index is 2.05. The molecular weight excluding hydrogens is 446 g/mol. The van der Waals surface area contributed by atoms with Gasteiger partial charge in [0, 0.05) is 26.2 Å². The number of hydrogen-bond acceptors (Lipinski definition) is 5. The lowest BCUT2D eigenvalue weighted by molar-refractivity contribution is -0.152. The van der Waals surface area contributed by atoms with Crippen LogP contribution in [0.5, 0.6) is 0 Å². The number of amides is 3. The molecule has 1 spiro atoms. The second kappa shape index (κ2) is 11.7. The highest BCUT2D eigenvalue weighted by Gasteiger charge is 2.75. The van der Waals surface area contributed by atoms with Crippen molar-refractivity contribution in [2.75, 3.05) is 32.8 Å². The van der Waals surface area contributed by atoms with Crippen molar-refractivity contribution < 1.29 is 24.2 Å². The van der Waals surface area contributed by atoms with Crippen LogP contribution >= 0.6 is 0 Å². The third kappa shape index (κ3) is 4.67. The van der Waals surface area contributed by atoms with Crippen molar-refractivity contribution in [3.05, 3.63) is 25.3 Å². The fourth-order valence-corrected chi connectivity index (χ4v) is 6.36. The van der Waals surface area contributed by atoms with E-state index in [1.807, 2.05) is 13.8 Å².